The molecule has 3 aromatic heterocycles. The summed E-state index contributed by atoms with van der Waals surface area (Å²) in [7, 11) is 0. The van der Waals surface area contributed by atoms with E-state index in [1.165, 1.54) is 24.1 Å². The fourth-order valence-electron chi connectivity index (χ4n) is 3.48. The highest BCUT2D eigenvalue weighted by Crippen LogP contribution is 2.33. The Hall–Kier alpha value is -2.89. The van der Waals surface area contributed by atoms with Crippen molar-refractivity contribution < 1.29 is 0 Å². The van der Waals surface area contributed by atoms with Crippen LogP contribution in [0.1, 0.15) is 24.1 Å². The van der Waals surface area contributed by atoms with Crippen LogP contribution in [0.2, 0.25) is 0 Å². The number of aryl methyl sites for hydroxylation is 2. The van der Waals surface area contributed by atoms with Gasteiger partial charge in [-0.15, -0.1) is 0 Å². The van der Waals surface area contributed by atoms with Gasteiger partial charge in [0.25, 0.3) is 0 Å². The first-order valence-electron chi connectivity index (χ1n) is 7.93. The summed E-state index contributed by atoms with van der Waals surface area (Å²) in [4.78, 5) is 12.4. The standard InChI is InChI=1S/C17H16N6/c1-2-4-14-12(3-1)15-16(18-9-19-17(15)22-14)21-11-5-6-13-10(7-11)8-20-23-13/h5-9H,1-4H2,(H,20,23)(H2,18,19,21,22). The molecule has 3 N–H and O–H groups in total. The van der Waals surface area contributed by atoms with E-state index in [0.717, 1.165) is 46.3 Å². The molecule has 1 aromatic carbocycles. The third kappa shape index (κ3) is 1.98. The predicted octanol–water partition coefficient (Wildman–Crippen LogP) is 3.46. The molecule has 4 aromatic rings. The third-order valence-electron chi connectivity index (χ3n) is 4.59. The number of rotatable bonds is 2. The molecule has 6 heteroatoms. The smallest absolute Gasteiger partial charge is 0.143 e. The van der Waals surface area contributed by atoms with Gasteiger partial charge in [-0.05, 0) is 49.4 Å². The van der Waals surface area contributed by atoms with Gasteiger partial charge < -0.3 is 10.3 Å². The Bertz CT molecular complexity index is 1010. The topological polar surface area (TPSA) is 82.3 Å². The molecule has 1 aliphatic rings. The minimum absolute atomic E-state index is 0.872. The zero-order chi connectivity index (χ0) is 15.2. The number of aromatic nitrogens is 5. The number of aromatic amines is 2. The summed E-state index contributed by atoms with van der Waals surface area (Å²) in [5, 5.41) is 12.7. The number of anilines is 2. The minimum Gasteiger partial charge on any atom is -0.343 e. The van der Waals surface area contributed by atoms with Crippen LogP contribution in [0.3, 0.4) is 0 Å². The maximum atomic E-state index is 4.48. The molecule has 0 aliphatic heterocycles. The molecule has 0 bridgehead atoms. The van der Waals surface area contributed by atoms with Crippen LogP contribution in [0.5, 0.6) is 0 Å². The molecule has 0 saturated carbocycles. The quantitative estimate of drug-likeness (QED) is 0.529. The summed E-state index contributed by atoms with van der Waals surface area (Å²) in [5.74, 6) is 0.872. The Morgan fingerprint density at radius 3 is 3.04 bits per heavy atom. The summed E-state index contributed by atoms with van der Waals surface area (Å²) in [6.07, 6.45) is 8.12. The normalized spacial score (nSPS) is 14.3. The first kappa shape index (κ1) is 12.6. The summed E-state index contributed by atoms with van der Waals surface area (Å²) >= 11 is 0. The summed E-state index contributed by atoms with van der Waals surface area (Å²) in [6, 6.07) is 6.13. The second kappa shape index (κ2) is 4.81. The molecule has 0 radical (unpaired) electrons. The molecule has 23 heavy (non-hydrogen) atoms. The number of benzene rings is 1. The van der Waals surface area contributed by atoms with Crippen molar-refractivity contribution in [3.05, 3.63) is 42.0 Å². The summed E-state index contributed by atoms with van der Waals surface area (Å²) in [5.41, 5.74) is 5.66. The number of hydrogen-bond donors (Lipinski definition) is 3. The van der Waals surface area contributed by atoms with Gasteiger partial charge in [0.05, 0.1) is 17.1 Å². The third-order valence-corrected chi connectivity index (χ3v) is 4.59. The molecule has 0 spiro atoms. The maximum Gasteiger partial charge on any atom is 0.143 e. The molecule has 0 unspecified atom stereocenters. The van der Waals surface area contributed by atoms with Crippen LogP contribution in [-0.4, -0.2) is 25.1 Å². The van der Waals surface area contributed by atoms with Gasteiger partial charge in [0.1, 0.15) is 17.8 Å². The van der Waals surface area contributed by atoms with Gasteiger partial charge in [-0.2, -0.15) is 5.10 Å². The predicted molar refractivity (Wildman–Crippen MR) is 89.9 cm³/mol. The van der Waals surface area contributed by atoms with Crippen LogP contribution >= 0.6 is 0 Å². The van der Waals surface area contributed by atoms with Crippen LogP contribution in [0.15, 0.2) is 30.7 Å². The van der Waals surface area contributed by atoms with Crippen LogP contribution in [0, 0.1) is 0 Å². The van der Waals surface area contributed by atoms with E-state index in [4.69, 9.17) is 0 Å². The highest BCUT2D eigenvalue weighted by atomic mass is 15.1. The number of hydrogen-bond acceptors (Lipinski definition) is 4. The Morgan fingerprint density at radius 1 is 1.09 bits per heavy atom. The van der Waals surface area contributed by atoms with Crippen molar-refractivity contribution in [2.45, 2.75) is 25.7 Å². The number of fused-ring (bicyclic) bond motifs is 4. The van der Waals surface area contributed by atoms with E-state index in [-0.39, 0.29) is 0 Å². The molecule has 5 rings (SSSR count). The Balaban J connectivity index is 1.63. The van der Waals surface area contributed by atoms with Gasteiger partial charge >= 0.3 is 0 Å². The van der Waals surface area contributed by atoms with E-state index in [0.29, 0.717) is 0 Å². The maximum absolute atomic E-state index is 4.48. The van der Waals surface area contributed by atoms with Gasteiger partial charge in [0.2, 0.25) is 0 Å². The van der Waals surface area contributed by atoms with Crippen LogP contribution < -0.4 is 5.32 Å². The van der Waals surface area contributed by atoms with Gasteiger partial charge in [0, 0.05) is 16.8 Å². The fourth-order valence-corrected chi connectivity index (χ4v) is 3.48. The van der Waals surface area contributed by atoms with Crippen LogP contribution in [0.4, 0.5) is 11.5 Å². The molecule has 3 heterocycles. The molecule has 1 aliphatic carbocycles. The Labute approximate surface area is 132 Å². The summed E-state index contributed by atoms with van der Waals surface area (Å²) in [6.45, 7) is 0. The van der Waals surface area contributed by atoms with Gasteiger partial charge in [0.15, 0.2) is 0 Å². The Morgan fingerprint density at radius 2 is 2.04 bits per heavy atom. The van der Waals surface area contributed by atoms with Crippen molar-refractivity contribution in [3.63, 3.8) is 0 Å². The molecule has 0 fully saturated rings. The number of H-pyrrole nitrogens is 2. The zero-order valence-corrected chi connectivity index (χ0v) is 12.6. The summed E-state index contributed by atoms with van der Waals surface area (Å²) < 4.78 is 0. The minimum atomic E-state index is 0.872. The van der Waals surface area contributed by atoms with Gasteiger partial charge in [-0.1, -0.05) is 0 Å². The molecule has 0 atom stereocenters. The molecule has 0 amide bonds. The van der Waals surface area contributed by atoms with Crippen molar-refractivity contribution in [1.29, 1.82) is 0 Å². The van der Waals surface area contributed by atoms with E-state index in [9.17, 15) is 0 Å². The fraction of sp³-hybridized carbons (Fsp3) is 0.235. The number of nitrogens with one attached hydrogen (secondary N) is 3. The van der Waals surface area contributed by atoms with E-state index in [1.54, 1.807) is 6.33 Å². The van der Waals surface area contributed by atoms with E-state index >= 15 is 0 Å². The van der Waals surface area contributed by atoms with Crippen LogP contribution in [0.25, 0.3) is 21.9 Å². The van der Waals surface area contributed by atoms with E-state index in [2.05, 4.69) is 36.5 Å². The lowest BCUT2D eigenvalue weighted by Gasteiger charge is -2.12. The second-order valence-corrected chi connectivity index (χ2v) is 6.03. The largest absolute Gasteiger partial charge is 0.343 e. The van der Waals surface area contributed by atoms with Gasteiger partial charge in [-0.25, -0.2) is 9.97 Å². The average Bonchev–Trinajstić information content (AvgIpc) is 3.18. The lowest BCUT2D eigenvalue weighted by atomic mass is 9.96. The molecule has 114 valence electrons. The van der Waals surface area contributed by atoms with Crippen molar-refractivity contribution in [2.75, 3.05) is 5.32 Å². The van der Waals surface area contributed by atoms with Crippen LogP contribution in [-0.2, 0) is 12.8 Å². The first-order chi connectivity index (χ1) is 11.4. The SMILES string of the molecule is c1nc(Nc2ccc3[nH]ncc3c2)c2c3c([nH]c2n1)CCCC3. The van der Waals surface area contributed by atoms with E-state index < -0.39 is 0 Å². The molecular formula is C17H16N6. The van der Waals surface area contributed by atoms with Crippen molar-refractivity contribution >= 4 is 33.4 Å². The second-order valence-electron chi connectivity index (χ2n) is 6.03. The molecule has 6 nitrogen and oxygen atoms in total. The number of nitrogens with zero attached hydrogens (tertiary/aromatic N) is 3. The highest BCUT2D eigenvalue weighted by molar-refractivity contribution is 5.94. The Kier molecular flexibility index (Phi) is 2.64. The van der Waals surface area contributed by atoms with Crippen molar-refractivity contribution in [1.82, 2.24) is 25.1 Å². The van der Waals surface area contributed by atoms with Crippen molar-refractivity contribution in [3.8, 4) is 0 Å². The lowest BCUT2D eigenvalue weighted by molar-refractivity contribution is 0.680. The van der Waals surface area contributed by atoms with Crippen molar-refractivity contribution in [2.24, 2.45) is 0 Å². The molecular weight excluding hydrogens is 288 g/mol. The highest BCUT2D eigenvalue weighted by Gasteiger charge is 2.19. The monoisotopic (exact) mass is 304 g/mol. The molecule has 0 saturated heterocycles. The van der Waals surface area contributed by atoms with Gasteiger partial charge in [-0.3, -0.25) is 5.10 Å². The first-order valence-corrected chi connectivity index (χ1v) is 7.93. The average molecular weight is 304 g/mol. The zero-order valence-electron chi connectivity index (χ0n) is 12.6. The van der Waals surface area contributed by atoms with E-state index in [1.807, 2.05) is 18.3 Å². The lowest BCUT2D eigenvalue weighted by Crippen LogP contribution is -2.01.